The van der Waals surface area contributed by atoms with E-state index in [1.54, 1.807) is 12.1 Å². The first-order chi connectivity index (χ1) is 8.15. The fraction of sp³-hybridized carbons (Fsp3) is 0.273. The van der Waals surface area contributed by atoms with Crippen LogP contribution in [0.1, 0.15) is 20.7 Å². The first-order valence-electron chi connectivity index (χ1n) is 5.04. The van der Waals surface area contributed by atoms with E-state index in [1.165, 1.54) is 12.1 Å². The molecule has 1 aromatic rings. The van der Waals surface area contributed by atoms with Crippen LogP contribution in [0.2, 0.25) is 0 Å². The van der Waals surface area contributed by atoms with E-state index in [2.05, 4.69) is 0 Å². The molecule has 1 atom stereocenters. The number of aliphatic hydroxyl groups is 2. The number of rotatable bonds is 4. The molecule has 90 valence electrons. The molecule has 0 aliphatic carbocycles. The number of aliphatic hydroxyl groups excluding tert-OH is 2. The van der Waals surface area contributed by atoms with Crippen molar-refractivity contribution >= 4 is 11.8 Å². The van der Waals surface area contributed by atoms with Crippen LogP contribution in [0.25, 0.3) is 0 Å². The third kappa shape index (κ3) is 2.05. The molecule has 0 saturated carbocycles. The second-order valence-corrected chi connectivity index (χ2v) is 3.58. The van der Waals surface area contributed by atoms with E-state index in [0.717, 1.165) is 0 Å². The predicted molar refractivity (Wildman–Crippen MR) is 56.0 cm³/mol. The van der Waals surface area contributed by atoms with E-state index in [9.17, 15) is 9.59 Å². The topological polar surface area (TPSA) is 87.1 Å². The number of nitrogens with zero attached hydrogens (tertiary/aromatic N) is 1. The lowest BCUT2D eigenvalue weighted by molar-refractivity contribution is -0.121. The molecule has 1 aliphatic rings. The van der Waals surface area contributed by atoms with Crippen LogP contribution in [0.4, 0.5) is 0 Å². The molecule has 1 aliphatic heterocycles. The highest BCUT2D eigenvalue weighted by Crippen LogP contribution is 2.22. The Bertz CT molecular complexity index is 424. The Kier molecular flexibility index (Phi) is 3.19. The Morgan fingerprint density at radius 3 is 2.18 bits per heavy atom. The molecule has 2 rings (SSSR count). The van der Waals surface area contributed by atoms with Crippen LogP contribution in [0.3, 0.4) is 0 Å². The number of carbonyl (C=O) groups excluding carboxylic acids is 2. The minimum atomic E-state index is -1.13. The van der Waals surface area contributed by atoms with Gasteiger partial charge in [-0.3, -0.25) is 14.4 Å². The summed E-state index contributed by atoms with van der Waals surface area (Å²) in [6.07, 6.45) is -1.13. The number of amides is 2. The minimum Gasteiger partial charge on any atom is -0.394 e. The predicted octanol–water partition coefficient (Wildman–Crippen LogP) is -0.433. The monoisotopic (exact) mass is 237 g/mol. The molecular weight excluding hydrogens is 226 g/mol. The van der Waals surface area contributed by atoms with Crippen LogP contribution in [0.15, 0.2) is 24.3 Å². The van der Waals surface area contributed by atoms with Gasteiger partial charge in [-0.15, -0.1) is 5.06 Å². The van der Waals surface area contributed by atoms with Gasteiger partial charge in [0.15, 0.2) is 0 Å². The summed E-state index contributed by atoms with van der Waals surface area (Å²) < 4.78 is 0. The van der Waals surface area contributed by atoms with Crippen LogP contribution in [-0.4, -0.2) is 46.4 Å². The maximum absolute atomic E-state index is 11.7. The second-order valence-electron chi connectivity index (χ2n) is 3.58. The third-order valence-corrected chi connectivity index (χ3v) is 2.36. The Morgan fingerprint density at radius 1 is 1.18 bits per heavy atom. The lowest BCUT2D eigenvalue weighted by atomic mass is 10.1. The number of benzene rings is 1. The van der Waals surface area contributed by atoms with Gasteiger partial charge in [-0.25, -0.2) is 0 Å². The summed E-state index contributed by atoms with van der Waals surface area (Å²) in [7, 11) is 0. The summed E-state index contributed by atoms with van der Waals surface area (Å²) in [4.78, 5) is 28.4. The molecule has 6 nitrogen and oxygen atoms in total. The van der Waals surface area contributed by atoms with E-state index >= 15 is 0 Å². The zero-order valence-electron chi connectivity index (χ0n) is 8.87. The average molecular weight is 237 g/mol. The molecule has 1 aromatic carbocycles. The minimum absolute atomic E-state index is 0.274. The van der Waals surface area contributed by atoms with Crippen LogP contribution in [0, 0.1) is 0 Å². The highest BCUT2D eigenvalue weighted by Gasteiger charge is 2.36. The summed E-state index contributed by atoms with van der Waals surface area (Å²) in [6.45, 7) is -0.814. The summed E-state index contributed by atoms with van der Waals surface area (Å²) >= 11 is 0. The van der Waals surface area contributed by atoms with Gasteiger partial charge in [0.05, 0.1) is 17.7 Å². The molecular formula is C11H11NO5. The van der Waals surface area contributed by atoms with Crippen molar-refractivity contribution in [3.05, 3.63) is 35.4 Å². The van der Waals surface area contributed by atoms with E-state index in [-0.39, 0.29) is 17.7 Å². The first kappa shape index (κ1) is 11.7. The summed E-state index contributed by atoms with van der Waals surface area (Å²) in [6, 6.07) is 6.36. The van der Waals surface area contributed by atoms with Gasteiger partial charge in [0.1, 0.15) is 12.7 Å². The fourth-order valence-corrected chi connectivity index (χ4v) is 1.50. The summed E-state index contributed by atoms with van der Waals surface area (Å²) in [5.41, 5.74) is 0.548. The fourth-order valence-electron chi connectivity index (χ4n) is 1.50. The highest BCUT2D eigenvalue weighted by molar-refractivity contribution is 6.20. The Hall–Kier alpha value is -1.76. The van der Waals surface area contributed by atoms with E-state index in [4.69, 9.17) is 15.1 Å². The van der Waals surface area contributed by atoms with E-state index < -0.39 is 24.5 Å². The van der Waals surface area contributed by atoms with Crippen molar-refractivity contribution in [2.24, 2.45) is 0 Å². The second kappa shape index (κ2) is 4.62. The molecule has 0 bridgehead atoms. The molecule has 2 amide bonds. The number of hydroxylamine groups is 2. The quantitative estimate of drug-likeness (QED) is 0.694. The molecule has 0 saturated heterocycles. The van der Waals surface area contributed by atoms with E-state index in [0.29, 0.717) is 5.06 Å². The average Bonchev–Trinajstić information content (AvgIpc) is 2.60. The lowest BCUT2D eigenvalue weighted by Gasteiger charge is -2.15. The molecule has 0 unspecified atom stereocenters. The Balaban J connectivity index is 2.13. The van der Waals surface area contributed by atoms with Crippen molar-refractivity contribution in [1.29, 1.82) is 0 Å². The molecule has 0 spiro atoms. The SMILES string of the molecule is O=C1c2ccccc2C(=O)N1OC[C@H](O)CO. The zero-order chi connectivity index (χ0) is 12.4. The maximum atomic E-state index is 11.7. The normalized spacial score (nSPS) is 16.2. The maximum Gasteiger partial charge on any atom is 0.285 e. The molecule has 0 aromatic heterocycles. The Labute approximate surface area is 97.0 Å². The number of fused-ring (bicyclic) bond motifs is 1. The highest BCUT2D eigenvalue weighted by atomic mass is 16.7. The lowest BCUT2D eigenvalue weighted by Crippen LogP contribution is -2.34. The molecule has 6 heteroatoms. The van der Waals surface area contributed by atoms with Crippen molar-refractivity contribution in [2.45, 2.75) is 6.10 Å². The standard InChI is InChI=1S/C11H11NO5/c13-5-7(14)6-17-12-10(15)8-3-1-2-4-9(8)11(12)16/h1-4,7,13-14H,5-6H2/t7-/m1/s1. The van der Waals surface area contributed by atoms with Crippen molar-refractivity contribution < 1.29 is 24.6 Å². The van der Waals surface area contributed by atoms with Gasteiger partial charge < -0.3 is 10.2 Å². The molecule has 17 heavy (non-hydrogen) atoms. The van der Waals surface area contributed by atoms with Gasteiger partial charge in [-0.1, -0.05) is 12.1 Å². The summed E-state index contributed by atoms with van der Waals surface area (Å²) in [5.74, 6) is -1.12. The third-order valence-electron chi connectivity index (χ3n) is 2.36. The van der Waals surface area contributed by atoms with Crippen molar-refractivity contribution in [3.63, 3.8) is 0 Å². The summed E-state index contributed by atoms with van der Waals surface area (Å²) in [5, 5.41) is 18.3. The molecule has 0 radical (unpaired) electrons. The van der Waals surface area contributed by atoms with Crippen LogP contribution < -0.4 is 0 Å². The number of imide groups is 1. The van der Waals surface area contributed by atoms with Gasteiger partial charge in [-0.05, 0) is 12.1 Å². The van der Waals surface area contributed by atoms with Crippen LogP contribution >= 0.6 is 0 Å². The largest absolute Gasteiger partial charge is 0.394 e. The Morgan fingerprint density at radius 2 is 1.71 bits per heavy atom. The number of hydrogen-bond acceptors (Lipinski definition) is 5. The number of hydrogen-bond donors (Lipinski definition) is 2. The first-order valence-corrected chi connectivity index (χ1v) is 5.04. The van der Waals surface area contributed by atoms with Gasteiger partial charge in [0.2, 0.25) is 0 Å². The van der Waals surface area contributed by atoms with Crippen molar-refractivity contribution in [3.8, 4) is 0 Å². The molecule has 0 fully saturated rings. The van der Waals surface area contributed by atoms with Crippen LogP contribution in [-0.2, 0) is 4.84 Å². The molecule has 1 heterocycles. The van der Waals surface area contributed by atoms with Crippen LogP contribution in [0.5, 0.6) is 0 Å². The van der Waals surface area contributed by atoms with Crippen molar-refractivity contribution in [1.82, 2.24) is 5.06 Å². The van der Waals surface area contributed by atoms with Gasteiger partial charge in [0.25, 0.3) is 11.8 Å². The smallest absolute Gasteiger partial charge is 0.285 e. The van der Waals surface area contributed by atoms with Gasteiger partial charge in [0, 0.05) is 0 Å². The zero-order valence-corrected chi connectivity index (χ0v) is 8.87. The number of carbonyl (C=O) groups is 2. The molecule has 2 N–H and O–H groups in total. The van der Waals surface area contributed by atoms with Gasteiger partial charge in [-0.2, -0.15) is 0 Å². The van der Waals surface area contributed by atoms with Gasteiger partial charge >= 0.3 is 0 Å². The van der Waals surface area contributed by atoms with Crippen molar-refractivity contribution in [2.75, 3.05) is 13.2 Å². The van der Waals surface area contributed by atoms with E-state index in [1.807, 2.05) is 0 Å².